The van der Waals surface area contributed by atoms with Gasteiger partial charge in [0.15, 0.2) is 0 Å². The summed E-state index contributed by atoms with van der Waals surface area (Å²) < 4.78 is 5.26. The third kappa shape index (κ3) is 7.25. The SMILES string of the molecule is CCN(CC)Cc1ccc(CNC(=O)COC(C)C)cc1. The summed E-state index contributed by atoms with van der Waals surface area (Å²) in [4.78, 5) is 13.9. The maximum absolute atomic E-state index is 11.6. The Balaban J connectivity index is 2.39. The molecule has 1 N–H and O–H groups in total. The van der Waals surface area contributed by atoms with Crippen LogP contribution in [0.1, 0.15) is 38.8 Å². The summed E-state index contributed by atoms with van der Waals surface area (Å²) >= 11 is 0. The number of nitrogens with one attached hydrogen (secondary N) is 1. The van der Waals surface area contributed by atoms with Crippen LogP contribution >= 0.6 is 0 Å². The minimum Gasteiger partial charge on any atom is -0.369 e. The molecule has 4 heteroatoms. The summed E-state index contributed by atoms with van der Waals surface area (Å²) in [6.45, 7) is 11.9. The van der Waals surface area contributed by atoms with Crippen LogP contribution in [0.25, 0.3) is 0 Å². The molecule has 0 aromatic heterocycles. The van der Waals surface area contributed by atoms with E-state index in [0.717, 1.165) is 25.2 Å². The molecule has 1 rings (SSSR count). The Bertz CT molecular complexity index is 411. The van der Waals surface area contributed by atoms with Crippen LogP contribution in [0.4, 0.5) is 0 Å². The molecule has 0 aliphatic rings. The Labute approximate surface area is 128 Å². The van der Waals surface area contributed by atoms with Gasteiger partial charge in [-0.2, -0.15) is 0 Å². The third-order valence-electron chi connectivity index (χ3n) is 3.36. The van der Waals surface area contributed by atoms with Crippen molar-refractivity contribution >= 4 is 5.91 Å². The van der Waals surface area contributed by atoms with E-state index in [-0.39, 0.29) is 18.6 Å². The molecule has 0 saturated carbocycles. The zero-order chi connectivity index (χ0) is 15.7. The van der Waals surface area contributed by atoms with Crippen LogP contribution in [0.15, 0.2) is 24.3 Å². The van der Waals surface area contributed by atoms with E-state index in [4.69, 9.17) is 4.74 Å². The molecule has 1 aromatic carbocycles. The summed E-state index contributed by atoms with van der Waals surface area (Å²) in [5, 5.41) is 2.86. The second kappa shape index (κ2) is 9.53. The Morgan fingerprint density at radius 3 is 2.24 bits per heavy atom. The number of carbonyl (C=O) groups excluding carboxylic acids is 1. The highest BCUT2D eigenvalue weighted by Gasteiger charge is 2.04. The maximum Gasteiger partial charge on any atom is 0.246 e. The van der Waals surface area contributed by atoms with Gasteiger partial charge in [-0.15, -0.1) is 0 Å². The number of ether oxygens (including phenoxy) is 1. The van der Waals surface area contributed by atoms with Gasteiger partial charge in [0.25, 0.3) is 0 Å². The molecule has 0 atom stereocenters. The highest BCUT2D eigenvalue weighted by atomic mass is 16.5. The lowest BCUT2D eigenvalue weighted by atomic mass is 10.1. The Hall–Kier alpha value is -1.39. The van der Waals surface area contributed by atoms with Crippen molar-refractivity contribution in [3.8, 4) is 0 Å². The van der Waals surface area contributed by atoms with E-state index in [1.54, 1.807) is 0 Å². The van der Waals surface area contributed by atoms with E-state index < -0.39 is 0 Å². The molecule has 0 spiro atoms. The van der Waals surface area contributed by atoms with Gasteiger partial charge in [-0.25, -0.2) is 0 Å². The molecular formula is C17H28N2O2. The smallest absolute Gasteiger partial charge is 0.246 e. The summed E-state index contributed by atoms with van der Waals surface area (Å²) in [7, 11) is 0. The van der Waals surface area contributed by atoms with Gasteiger partial charge in [-0.1, -0.05) is 38.1 Å². The monoisotopic (exact) mass is 292 g/mol. The first kappa shape index (κ1) is 17.7. The highest BCUT2D eigenvalue weighted by molar-refractivity contribution is 5.77. The third-order valence-corrected chi connectivity index (χ3v) is 3.36. The van der Waals surface area contributed by atoms with Crippen LogP contribution in [0, 0.1) is 0 Å². The highest BCUT2D eigenvalue weighted by Crippen LogP contribution is 2.07. The van der Waals surface area contributed by atoms with Crippen molar-refractivity contribution in [2.75, 3.05) is 19.7 Å². The lowest BCUT2D eigenvalue weighted by Gasteiger charge is -2.18. The normalized spacial score (nSPS) is 11.1. The fourth-order valence-electron chi connectivity index (χ4n) is 1.96. The van der Waals surface area contributed by atoms with E-state index in [0.29, 0.717) is 6.54 Å². The van der Waals surface area contributed by atoms with Crippen molar-refractivity contribution < 1.29 is 9.53 Å². The molecule has 0 saturated heterocycles. The van der Waals surface area contributed by atoms with Crippen molar-refractivity contribution in [1.82, 2.24) is 10.2 Å². The largest absolute Gasteiger partial charge is 0.369 e. The number of benzene rings is 1. The number of hydrogen-bond donors (Lipinski definition) is 1. The topological polar surface area (TPSA) is 41.6 Å². The fourth-order valence-corrected chi connectivity index (χ4v) is 1.96. The Kier molecular flexibility index (Phi) is 8.01. The molecule has 0 aliphatic carbocycles. The lowest BCUT2D eigenvalue weighted by molar-refractivity contribution is -0.127. The van der Waals surface area contributed by atoms with Crippen molar-refractivity contribution in [3.63, 3.8) is 0 Å². The van der Waals surface area contributed by atoms with Gasteiger partial charge in [-0.05, 0) is 38.1 Å². The maximum atomic E-state index is 11.6. The zero-order valence-electron chi connectivity index (χ0n) is 13.7. The first-order valence-corrected chi connectivity index (χ1v) is 7.73. The van der Waals surface area contributed by atoms with Gasteiger partial charge >= 0.3 is 0 Å². The average Bonchev–Trinajstić information content (AvgIpc) is 2.49. The van der Waals surface area contributed by atoms with Crippen LogP contribution in [0.3, 0.4) is 0 Å². The molecule has 118 valence electrons. The summed E-state index contributed by atoms with van der Waals surface area (Å²) in [6.07, 6.45) is 0.0788. The molecular weight excluding hydrogens is 264 g/mol. The van der Waals surface area contributed by atoms with Crippen molar-refractivity contribution in [2.24, 2.45) is 0 Å². The fraction of sp³-hybridized carbons (Fsp3) is 0.588. The standard InChI is InChI=1S/C17H28N2O2/c1-5-19(6-2)12-16-9-7-15(8-10-16)11-18-17(20)13-21-14(3)4/h7-10,14H,5-6,11-13H2,1-4H3,(H,18,20). The molecule has 1 amide bonds. The van der Waals surface area contributed by atoms with E-state index in [1.165, 1.54) is 5.56 Å². The summed E-state index contributed by atoms with van der Waals surface area (Å²) in [5.41, 5.74) is 2.41. The van der Waals surface area contributed by atoms with Crippen LogP contribution in [-0.2, 0) is 22.6 Å². The minimum atomic E-state index is -0.0732. The van der Waals surface area contributed by atoms with Gasteiger partial charge in [0.05, 0.1) is 6.10 Å². The van der Waals surface area contributed by atoms with E-state index >= 15 is 0 Å². The van der Waals surface area contributed by atoms with E-state index in [9.17, 15) is 4.79 Å². The van der Waals surface area contributed by atoms with E-state index in [1.807, 2.05) is 13.8 Å². The van der Waals surface area contributed by atoms with Crippen LogP contribution < -0.4 is 5.32 Å². The minimum absolute atomic E-state index is 0.0732. The second-order valence-corrected chi connectivity index (χ2v) is 5.41. The van der Waals surface area contributed by atoms with E-state index in [2.05, 4.69) is 48.3 Å². The van der Waals surface area contributed by atoms with Crippen LogP contribution in [-0.4, -0.2) is 36.6 Å². The number of nitrogens with zero attached hydrogens (tertiary/aromatic N) is 1. The Morgan fingerprint density at radius 2 is 1.71 bits per heavy atom. The summed E-state index contributed by atoms with van der Waals surface area (Å²) in [6, 6.07) is 8.40. The number of amides is 1. The zero-order valence-corrected chi connectivity index (χ0v) is 13.7. The van der Waals surface area contributed by atoms with Crippen molar-refractivity contribution in [2.45, 2.75) is 46.9 Å². The van der Waals surface area contributed by atoms with Gasteiger partial charge in [0, 0.05) is 13.1 Å². The molecule has 4 nitrogen and oxygen atoms in total. The first-order valence-electron chi connectivity index (χ1n) is 7.73. The molecule has 1 aromatic rings. The predicted molar refractivity (Wildman–Crippen MR) is 86.0 cm³/mol. The first-order chi connectivity index (χ1) is 10.0. The molecule has 0 fully saturated rings. The van der Waals surface area contributed by atoms with Gasteiger partial charge in [-0.3, -0.25) is 9.69 Å². The molecule has 0 bridgehead atoms. The summed E-state index contributed by atoms with van der Waals surface area (Å²) in [5.74, 6) is -0.0732. The molecule has 0 aliphatic heterocycles. The quantitative estimate of drug-likeness (QED) is 0.760. The Morgan fingerprint density at radius 1 is 1.14 bits per heavy atom. The molecule has 0 unspecified atom stereocenters. The van der Waals surface area contributed by atoms with Gasteiger partial charge in [0.2, 0.25) is 5.91 Å². The van der Waals surface area contributed by atoms with Crippen LogP contribution in [0.5, 0.6) is 0 Å². The number of hydrogen-bond acceptors (Lipinski definition) is 3. The van der Waals surface area contributed by atoms with Crippen molar-refractivity contribution in [1.29, 1.82) is 0 Å². The predicted octanol–water partition coefficient (Wildman–Crippen LogP) is 2.57. The molecule has 0 heterocycles. The molecule has 21 heavy (non-hydrogen) atoms. The number of carbonyl (C=O) groups is 1. The van der Waals surface area contributed by atoms with Gasteiger partial charge in [0.1, 0.15) is 6.61 Å². The van der Waals surface area contributed by atoms with Crippen LogP contribution in [0.2, 0.25) is 0 Å². The second-order valence-electron chi connectivity index (χ2n) is 5.41. The lowest BCUT2D eigenvalue weighted by Crippen LogP contribution is -2.28. The molecule has 0 radical (unpaired) electrons. The number of rotatable bonds is 9. The van der Waals surface area contributed by atoms with Crippen molar-refractivity contribution in [3.05, 3.63) is 35.4 Å². The average molecular weight is 292 g/mol. The van der Waals surface area contributed by atoms with Gasteiger partial charge < -0.3 is 10.1 Å².